The largest absolute Gasteiger partial charge is 0.497 e. The molecule has 0 spiro atoms. The third kappa shape index (κ3) is 3.54. The minimum absolute atomic E-state index is 0.0242. The SMILES string of the molecule is CNc1n[nH]c2ccc(Nc3nnc(NC(C)c4cccc(OC)c4)o3)cc12. The maximum atomic E-state index is 5.67. The van der Waals surface area contributed by atoms with E-state index in [-0.39, 0.29) is 6.04 Å². The minimum atomic E-state index is -0.0242. The molecular formula is C19H21N7O2. The van der Waals surface area contributed by atoms with Crippen LogP contribution in [0.3, 0.4) is 0 Å². The van der Waals surface area contributed by atoms with Crippen LogP contribution in [0.15, 0.2) is 46.9 Å². The standard InChI is InChI=1S/C19H21N7O2/c1-11(12-5-4-6-14(9-12)27-3)21-18-25-26-19(28-18)22-13-7-8-16-15(10-13)17(20-2)24-23-16/h4-11H,1-3H3,(H,21,25)(H,22,26)(H2,20,23,24). The number of rotatable bonds is 7. The molecule has 2 heterocycles. The van der Waals surface area contributed by atoms with Crippen molar-refractivity contribution in [2.24, 2.45) is 0 Å². The normalized spacial score (nSPS) is 12.0. The topological polar surface area (TPSA) is 113 Å². The highest BCUT2D eigenvalue weighted by Crippen LogP contribution is 2.27. The second-order valence-corrected chi connectivity index (χ2v) is 6.26. The molecule has 0 aliphatic rings. The molecule has 4 N–H and O–H groups in total. The summed E-state index contributed by atoms with van der Waals surface area (Å²) in [6.07, 6.45) is 0. The molecule has 144 valence electrons. The van der Waals surface area contributed by atoms with Crippen LogP contribution in [0.4, 0.5) is 23.5 Å². The van der Waals surface area contributed by atoms with Crippen molar-refractivity contribution >= 4 is 34.4 Å². The van der Waals surface area contributed by atoms with Crippen LogP contribution in [0.1, 0.15) is 18.5 Å². The van der Waals surface area contributed by atoms with Gasteiger partial charge in [0.25, 0.3) is 0 Å². The van der Waals surface area contributed by atoms with Gasteiger partial charge in [-0.15, -0.1) is 0 Å². The van der Waals surface area contributed by atoms with E-state index in [9.17, 15) is 0 Å². The van der Waals surface area contributed by atoms with Crippen molar-refractivity contribution in [2.75, 3.05) is 30.1 Å². The van der Waals surface area contributed by atoms with Gasteiger partial charge in [-0.2, -0.15) is 5.10 Å². The van der Waals surface area contributed by atoms with Crippen molar-refractivity contribution in [3.8, 4) is 5.75 Å². The van der Waals surface area contributed by atoms with Crippen LogP contribution in [0.2, 0.25) is 0 Å². The second-order valence-electron chi connectivity index (χ2n) is 6.26. The van der Waals surface area contributed by atoms with Gasteiger partial charge in [-0.05, 0) is 42.8 Å². The average molecular weight is 379 g/mol. The predicted octanol–water partition coefficient (Wildman–Crippen LogP) is 3.91. The van der Waals surface area contributed by atoms with E-state index in [2.05, 4.69) is 36.3 Å². The van der Waals surface area contributed by atoms with Crippen LogP contribution in [-0.4, -0.2) is 34.6 Å². The van der Waals surface area contributed by atoms with Gasteiger partial charge in [0.1, 0.15) is 5.75 Å². The number of H-pyrrole nitrogens is 1. The summed E-state index contributed by atoms with van der Waals surface area (Å²) < 4.78 is 10.9. The van der Waals surface area contributed by atoms with E-state index in [1.165, 1.54) is 0 Å². The lowest BCUT2D eigenvalue weighted by atomic mass is 10.1. The molecule has 1 atom stereocenters. The Kier molecular flexibility index (Phi) is 4.71. The fourth-order valence-electron chi connectivity index (χ4n) is 2.92. The van der Waals surface area contributed by atoms with Crippen LogP contribution in [0, 0.1) is 0 Å². The molecule has 0 bridgehead atoms. The number of nitrogens with one attached hydrogen (secondary N) is 4. The number of benzene rings is 2. The van der Waals surface area contributed by atoms with Crippen molar-refractivity contribution in [2.45, 2.75) is 13.0 Å². The molecule has 0 saturated heterocycles. The zero-order chi connectivity index (χ0) is 19.5. The van der Waals surface area contributed by atoms with Gasteiger partial charge in [0.05, 0.1) is 18.7 Å². The number of ether oxygens (including phenoxy) is 1. The third-order valence-corrected chi connectivity index (χ3v) is 4.41. The molecule has 0 aliphatic carbocycles. The molecule has 28 heavy (non-hydrogen) atoms. The van der Waals surface area contributed by atoms with Gasteiger partial charge in [0.15, 0.2) is 5.82 Å². The number of anilines is 4. The van der Waals surface area contributed by atoms with Gasteiger partial charge in [-0.3, -0.25) is 5.10 Å². The molecule has 0 aliphatic heterocycles. The Morgan fingerprint density at radius 3 is 2.79 bits per heavy atom. The van der Waals surface area contributed by atoms with Crippen LogP contribution >= 0.6 is 0 Å². The first-order valence-corrected chi connectivity index (χ1v) is 8.83. The first kappa shape index (κ1) is 17.7. The molecule has 4 aromatic rings. The van der Waals surface area contributed by atoms with Crippen LogP contribution in [-0.2, 0) is 0 Å². The van der Waals surface area contributed by atoms with Crippen molar-refractivity contribution in [1.29, 1.82) is 0 Å². The van der Waals surface area contributed by atoms with Crippen molar-refractivity contribution in [3.05, 3.63) is 48.0 Å². The van der Waals surface area contributed by atoms with Crippen molar-refractivity contribution in [1.82, 2.24) is 20.4 Å². The summed E-state index contributed by atoms with van der Waals surface area (Å²) in [5.41, 5.74) is 2.81. The third-order valence-electron chi connectivity index (χ3n) is 4.41. The van der Waals surface area contributed by atoms with E-state index >= 15 is 0 Å². The van der Waals surface area contributed by atoms with E-state index in [0.29, 0.717) is 12.0 Å². The highest BCUT2D eigenvalue weighted by Gasteiger charge is 2.12. The Bertz CT molecular complexity index is 1090. The Morgan fingerprint density at radius 1 is 1.11 bits per heavy atom. The summed E-state index contributed by atoms with van der Waals surface area (Å²) in [5.74, 6) is 1.58. The van der Waals surface area contributed by atoms with Crippen LogP contribution in [0.25, 0.3) is 10.9 Å². The zero-order valence-corrected chi connectivity index (χ0v) is 15.8. The molecule has 0 saturated carbocycles. The van der Waals surface area contributed by atoms with Gasteiger partial charge < -0.3 is 25.1 Å². The Morgan fingerprint density at radius 2 is 1.96 bits per heavy atom. The molecule has 2 aromatic carbocycles. The lowest BCUT2D eigenvalue weighted by Crippen LogP contribution is -2.06. The van der Waals surface area contributed by atoms with E-state index in [4.69, 9.17) is 9.15 Å². The molecule has 9 nitrogen and oxygen atoms in total. The van der Waals surface area contributed by atoms with Crippen LogP contribution < -0.4 is 20.7 Å². The fourth-order valence-corrected chi connectivity index (χ4v) is 2.92. The van der Waals surface area contributed by atoms with E-state index in [0.717, 1.165) is 33.7 Å². The monoisotopic (exact) mass is 379 g/mol. The predicted molar refractivity (Wildman–Crippen MR) is 108 cm³/mol. The van der Waals surface area contributed by atoms with E-state index in [1.54, 1.807) is 7.11 Å². The lowest BCUT2D eigenvalue weighted by molar-refractivity contribution is 0.414. The quantitative estimate of drug-likeness (QED) is 0.382. The van der Waals surface area contributed by atoms with E-state index in [1.807, 2.05) is 56.4 Å². The number of hydrogen-bond acceptors (Lipinski definition) is 8. The Balaban J connectivity index is 1.47. The van der Waals surface area contributed by atoms with Gasteiger partial charge in [0, 0.05) is 18.1 Å². The number of nitrogens with zero attached hydrogens (tertiary/aromatic N) is 3. The Hall–Kier alpha value is -3.75. The number of fused-ring (bicyclic) bond motifs is 1. The molecule has 0 radical (unpaired) electrons. The lowest BCUT2D eigenvalue weighted by Gasteiger charge is -2.13. The highest BCUT2D eigenvalue weighted by atomic mass is 16.5. The average Bonchev–Trinajstić information content (AvgIpc) is 3.34. The van der Waals surface area contributed by atoms with Gasteiger partial charge in [0.2, 0.25) is 0 Å². The Labute approximate surface area is 161 Å². The van der Waals surface area contributed by atoms with E-state index < -0.39 is 0 Å². The first-order chi connectivity index (χ1) is 13.7. The highest BCUT2D eigenvalue weighted by molar-refractivity contribution is 5.92. The summed E-state index contributed by atoms with van der Waals surface area (Å²) in [4.78, 5) is 0. The maximum Gasteiger partial charge on any atom is 0.321 e. The van der Waals surface area contributed by atoms with Crippen LogP contribution in [0.5, 0.6) is 5.75 Å². The molecule has 0 fully saturated rings. The van der Waals surface area contributed by atoms with Gasteiger partial charge >= 0.3 is 12.0 Å². The number of hydrogen-bond donors (Lipinski definition) is 4. The molecule has 9 heteroatoms. The fraction of sp³-hybridized carbons (Fsp3) is 0.211. The smallest absolute Gasteiger partial charge is 0.321 e. The molecule has 1 unspecified atom stereocenters. The van der Waals surface area contributed by atoms with Crippen molar-refractivity contribution in [3.63, 3.8) is 0 Å². The summed E-state index contributed by atoms with van der Waals surface area (Å²) >= 11 is 0. The number of aromatic nitrogens is 4. The summed E-state index contributed by atoms with van der Waals surface area (Å²) in [6.45, 7) is 2.01. The van der Waals surface area contributed by atoms with Gasteiger partial charge in [-0.25, -0.2) is 0 Å². The van der Waals surface area contributed by atoms with Gasteiger partial charge in [-0.1, -0.05) is 22.3 Å². The molecule has 2 aromatic heterocycles. The molecular weight excluding hydrogens is 358 g/mol. The summed E-state index contributed by atoms with van der Waals surface area (Å²) in [6, 6.07) is 14.2. The number of methoxy groups -OCH3 is 1. The molecule has 0 amide bonds. The zero-order valence-electron chi connectivity index (χ0n) is 15.8. The summed E-state index contributed by atoms with van der Waals surface area (Å²) in [5, 5.41) is 25.6. The summed E-state index contributed by atoms with van der Waals surface area (Å²) in [7, 11) is 3.47. The second kappa shape index (κ2) is 7.47. The molecule has 4 rings (SSSR count). The minimum Gasteiger partial charge on any atom is -0.497 e. The van der Waals surface area contributed by atoms with Crippen molar-refractivity contribution < 1.29 is 9.15 Å². The number of aromatic amines is 1. The first-order valence-electron chi connectivity index (χ1n) is 8.83. The maximum absolute atomic E-state index is 5.67.